The fourth-order valence-corrected chi connectivity index (χ4v) is 5.46. The van der Waals surface area contributed by atoms with E-state index in [1.54, 1.807) is 6.92 Å². The first-order valence-electron chi connectivity index (χ1n) is 11.7. The number of aromatic hydroxyl groups is 1. The molecule has 2 fully saturated rings. The second-order valence-electron chi connectivity index (χ2n) is 9.21. The number of rotatable bonds is 8. The minimum atomic E-state index is -0.818. The van der Waals surface area contributed by atoms with Gasteiger partial charge in [-0.3, -0.25) is 4.79 Å². The molecule has 1 aromatic rings. The van der Waals surface area contributed by atoms with E-state index in [1.807, 2.05) is 0 Å². The lowest BCUT2D eigenvalue weighted by Crippen LogP contribution is -2.27. The van der Waals surface area contributed by atoms with Crippen LogP contribution in [-0.2, 0) is 0 Å². The second-order valence-corrected chi connectivity index (χ2v) is 9.21. The number of phenols is 1. The van der Waals surface area contributed by atoms with E-state index < -0.39 is 11.6 Å². The van der Waals surface area contributed by atoms with Gasteiger partial charge in [0.05, 0.1) is 12.2 Å². The molecule has 0 amide bonds. The van der Waals surface area contributed by atoms with Gasteiger partial charge in [-0.1, -0.05) is 39.5 Å². The van der Waals surface area contributed by atoms with Crippen LogP contribution in [0.3, 0.4) is 0 Å². The summed E-state index contributed by atoms with van der Waals surface area (Å²) < 4.78 is 20.1. The smallest absolute Gasteiger partial charge is 0.207 e. The molecule has 0 aromatic heterocycles. The third-order valence-corrected chi connectivity index (χ3v) is 7.32. The van der Waals surface area contributed by atoms with Gasteiger partial charge in [0.2, 0.25) is 5.82 Å². The molecule has 0 bridgehead atoms. The molecule has 1 N–H and O–H groups in total. The molecule has 0 aliphatic heterocycles. The molecule has 0 heterocycles. The van der Waals surface area contributed by atoms with Crippen molar-refractivity contribution in [3.8, 4) is 11.5 Å². The molecule has 0 saturated heterocycles. The average molecular weight is 405 g/mol. The zero-order valence-electron chi connectivity index (χ0n) is 18.1. The number of carbonyl (C=O) groups is 1. The van der Waals surface area contributed by atoms with Crippen LogP contribution in [0.15, 0.2) is 12.1 Å². The maximum Gasteiger partial charge on any atom is 0.207 e. The summed E-state index contributed by atoms with van der Waals surface area (Å²) in [6, 6.07) is 2.93. The van der Waals surface area contributed by atoms with Crippen LogP contribution in [-0.4, -0.2) is 17.5 Å². The van der Waals surface area contributed by atoms with Crippen LogP contribution in [0.4, 0.5) is 4.39 Å². The summed E-state index contributed by atoms with van der Waals surface area (Å²) in [7, 11) is 0. The fourth-order valence-electron chi connectivity index (χ4n) is 5.46. The van der Waals surface area contributed by atoms with E-state index in [0.717, 1.165) is 30.6 Å². The first kappa shape index (κ1) is 22.1. The summed E-state index contributed by atoms with van der Waals surface area (Å²) in [5.74, 6) is 1.55. The number of ether oxygens (including phenoxy) is 1. The molecule has 2 saturated carbocycles. The number of hydrogen-bond acceptors (Lipinski definition) is 3. The molecule has 1 aromatic carbocycles. The normalized spacial score (nSPS) is 27.6. The Hall–Kier alpha value is -1.58. The van der Waals surface area contributed by atoms with Gasteiger partial charge in [-0.25, -0.2) is 0 Å². The third-order valence-electron chi connectivity index (χ3n) is 7.32. The van der Waals surface area contributed by atoms with Crippen LogP contribution in [0.1, 0.15) is 94.8 Å². The fraction of sp³-hybridized carbons (Fsp3) is 0.720. The van der Waals surface area contributed by atoms with Gasteiger partial charge >= 0.3 is 0 Å². The quantitative estimate of drug-likeness (QED) is 0.479. The summed E-state index contributed by atoms with van der Waals surface area (Å²) in [4.78, 5) is 11.7. The zero-order valence-corrected chi connectivity index (χ0v) is 18.1. The van der Waals surface area contributed by atoms with Crippen molar-refractivity contribution in [2.24, 2.45) is 23.7 Å². The van der Waals surface area contributed by atoms with Crippen LogP contribution < -0.4 is 4.74 Å². The molecule has 2 aliphatic rings. The van der Waals surface area contributed by atoms with Crippen molar-refractivity contribution >= 4 is 5.78 Å². The Morgan fingerprint density at radius 3 is 2.14 bits per heavy atom. The van der Waals surface area contributed by atoms with E-state index in [-0.39, 0.29) is 23.5 Å². The Bertz CT molecular complexity index is 671. The van der Waals surface area contributed by atoms with Gasteiger partial charge in [-0.15, -0.1) is 0 Å². The monoisotopic (exact) mass is 404 g/mol. The summed E-state index contributed by atoms with van der Waals surface area (Å²) in [6.07, 6.45) is 13.4. The third kappa shape index (κ3) is 5.52. The first-order valence-corrected chi connectivity index (χ1v) is 11.7. The SMILES string of the molecule is CCCC1CCC(C2CCC(COc3ccc(C(=O)CC)c(O)c3F)CC2)CC1. The van der Waals surface area contributed by atoms with Gasteiger partial charge in [-0.2, -0.15) is 4.39 Å². The predicted molar refractivity (Wildman–Crippen MR) is 114 cm³/mol. The lowest BCUT2D eigenvalue weighted by Gasteiger charge is -2.37. The molecule has 0 radical (unpaired) electrons. The van der Waals surface area contributed by atoms with Crippen molar-refractivity contribution in [1.82, 2.24) is 0 Å². The molecular formula is C25H37FO3. The Labute approximate surface area is 175 Å². The number of benzene rings is 1. The zero-order chi connectivity index (χ0) is 20.8. The van der Waals surface area contributed by atoms with Gasteiger partial charge in [0.25, 0.3) is 0 Å². The van der Waals surface area contributed by atoms with E-state index >= 15 is 0 Å². The number of carbonyl (C=O) groups excluding carboxylic acids is 1. The topological polar surface area (TPSA) is 46.5 Å². The highest BCUT2D eigenvalue weighted by atomic mass is 19.1. The lowest BCUT2D eigenvalue weighted by molar-refractivity contribution is 0.0984. The van der Waals surface area contributed by atoms with E-state index in [0.29, 0.717) is 12.5 Å². The number of halogens is 1. The van der Waals surface area contributed by atoms with Crippen LogP contribution in [0.2, 0.25) is 0 Å². The molecule has 162 valence electrons. The first-order chi connectivity index (χ1) is 14.0. The Morgan fingerprint density at radius 1 is 1.00 bits per heavy atom. The summed E-state index contributed by atoms with van der Waals surface area (Å²) in [6.45, 7) is 4.46. The average Bonchev–Trinajstić information content (AvgIpc) is 2.75. The molecule has 2 aliphatic carbocycles. The number of ketones is 1. The highest BCUT2D eigenvalue weighted by Gasteiger charge is 2.31. The summed E-state index contributed by atoms with van der Waals surface area (Å²) >= 11 is 0. The van der Waals surface area contributed by atoms with Gasteiger partial charge in [0.15, 0.2) is 17.3 Å². The second kappa shape index (κ2) is 10.4. The van der Waals surface area contributed by atoms with Crippen LogP contribution in [0.5, 0.6) is 11.5 Å². The number of phenolic OH excluding ortho intramolecular Hbond substituents is 1. The van der Waals surface area contributed by atoms with Crippen molar-refractivity contribution < 1.29 is 19.0 Å². The Balaban J connectivity index is 1.45. The number of Topliss-reactive ketones (excluding diaryl/α,β-unsaturated/α-hetero) is 1. The van der Waals surface area contributed by atoms with Gasteiger partial charge in [-0.05, 0) is 74.3 Å². The summed E-state index contributed by atoms with van der Waals surface area (Å²) in [5, 5.41) is 9.97. The van der Waals surface area contributed by atoms with Gasteiger partial charge in [0.1, 0.15) is 0 Å². The van der Waals surface area contributed by atoms with Crippen molar-refractivity contribution in [3.05, 3.63) is 23.5 Å². The molecular weight excluding hydrogens is 367 g/mol. The standard InChI is InChI=1S/C25H37FO3/c1-3-5-17-6-10-19(11-7-17)20-12-8-18(9-13-20)16-29-23-15-14-21(22(27)4-2)25(28)24(23)26/h14-15,17-20,28H,3-13,16H2,1-2H3. The van der Waals surface area contributed by atoms with E-state index in [1.165, 1.54) is 63.5 Å². The minimum absolute atomic E-state index is 0.0338. The maximum absolute atomic E-state index is 14.4. The molecule has 29 heavy (non-hydrogen) atoms. The van der Waals surface area contributed by atoms with Crippen molar-refractivity contribution in [1.29, 1.82) is 0 Å². The minimum Gasteiger partial charge on any atom is -0.504 e. The molecule has 0 unspecified atom stereocenters. The number of hydrogen-bond donors (Lipinski definition) is 1. The van der Waals surface area contributed by atoms with Crippen LogP contribution in [0.25, 0.3) is 0 Å². The van der Waals surface area contributed by atoms with Crippen LogP contribution in [0, 0.1) is 29.5 Å². The van der Waals surface area contributed by atoms with Crippen molar-refractivity contribution in [3.63, 3.8) is 0 Å². The molecule has 3 rings (SSSR count). The Morgan fingerprint density at radius 2 is 1.59 bits per heavy atom. The van der Waals surface area contributed by atoms with Gasteiger partial charge in [0, 0.05) is 6.42 Å². The highest BCUT2D eigenvalue weighted by Crippen LogP contribution is 2.42. The lowest BCUT2D eigenvalue weighted by atomic mass is 9.69. The largest absolute Gasteiger partial charge is 0.504 e. The van der Waals surface area contributed by atoms with E-state index in [9.17, 15) is 14.3 Å². The predicted octanol–water partition coefficient (Wildman–Crippen LogP) is 6.92. The molecule has 0 atom stereocenters. The highest BCUT2D eigenvalue weighted by molar-refractivity contribution is 5.98. The summed E-state index contributed by atoms with van der Waals surface area (Å²) in [5.41, 5.74) is 0.0338. The van der Waals surface area contributed by atoms with E-state index in [2.05, 4.69) is 6.92 Å². The molecule has 3 nitrogen and oxygen atoms in total. The van der Waals surface area contributed by atoms with Gasteiger partial charge < -0.3 is 9.84 Å². The van der Waals surface area contributed by atoms with E-state index in [4.69, 9.17) is 4.74 Å². The molecule has 4 heteroatoms. The Kier molecular flexibility index (Phi) is 7.97. The van der Waals surface area contributed by atoms with Crippen molar-refractivity contribution in [2.45, 2.75) is 84.5 Å². The molecule has 0 spiro atoms. The van der Waals surface area contributed by atoms with Crippen molar-refractivity contribution in [2.75, 3.05) is 6.61 Å². The maximum atomic E-state index is 14.4. The van der Waals surface area contributed by atoms with Crippen LogP contribution >= 0.6 is 0 Å².